The van der Waals surface area contributed by atoms with Gasteiger partial charge in [0.25, 0.3) is 0 Å². The second kappa shape index (κ2) is 6.59. The molecule has 2 atom stereocenters. The molecule has 0 bridgehead atoms. The van der Waals surface area contributed by atoms with E-state index in [1.54, 1.807) is 0 Å². The Morgan fingerprint density at radius 2 is 2.04 bits per heavy atom. The number of nitrogens with one attached hydrogen (secondary N) is 1. The molecule has 1 aromatic carbocycles. The lowest BCUT2D eigenvalue weighted by molar-refractivity contribution is 0.0899. The number of hydrogen-bond acceptors (Lipinski definition) is 3. The van der Waals surface area contributed by atoms with E-state index in [2.05, 4.69) is 35.7 Å². The highest BCUT2D eigenvalue weighted by Crippen LogP contribution is 2.42. The van der Waals surface area contributed by atoms with E-state index in [4.69, 9.17) is 10.4 Å². The van der Waals surface area contributed by atoms with Gasteiger partial charge in [0.1, 0.15) is 0 Å². The second-order valence-electron chi connectivity index (χ2n) is 6.84. The first-order valence-corrected chi connectivity index (χ1v) is 8.27. The van der Waals surface area contributed by atoms with Gasteiger partial charge in [-0.05, 0) is 30.2 Å². The maximum atomic E-state index is 11.0. The molecule has 2 unspecified atom stereocenters. The van der Waals surface area contributed by atoms with E-state index >= 15 is 0 Å². The van der Waals surface area contributed by atoms with E-state index in [9.17, 15) is 4.79 Å². The molecule has 1 aromatic rings. The van der Waals surface area contributed by atoms with Crippen LogP contribution in [0.1, 0.15) is 37.2 Å². The third-order valence-corrected chi connectivity index (χ3v) is 5.31. The van der Waals surface area contributed by atoms with Crippen molar-refractivity contribution < 1.29 is 9.90 Å². The molecule has 5 heteroatoms. The molecule has 2 fully saturated rings. The van der Waals surface area contributed by atoms with E-state index in [0.29, 0.717) is 31.5 Å². The normalized spacial score (nSPS) is 25.6. The molecule has 3 rings (SSSR count). The lowest BCUT2D eigenvalue weighted by Crippen LogP contribution is -2.47. The maximum Gasteiger partial charge on any atom is 0.407 e. The second-order valence-corrected chi connectivity index (χ2v) is 6.84. The van der Waals surface area contributed by atoms with Gasteiger partial charge in [-0.3, -0.25) is 0 Å². The molecule has 1 saturated heterocycles. The van der Waals surface area contributed by atoms with Gasteiger partial charge < -0.3 is 15.3 Å². The van der Waals surface area contributed by atoms with E-state index in [-0.39, 0.29) is 5.41 Å². The number of carbonyl (C=O) groups is 1. The van der Waals surface area contributed by atoms with Crippen LogP contribution in [0.4, 0.5) is 4.79 Å². The zero-order valence-electron chi connectivity index (χ0n) is 13.2. The summed E-state index contributed by atoms with van der Waals surface area (Å²) in [4.78, 5) is 12.5. The number of nitrogens with zero attached hydrogens (tertiary/aromatic N) is 2. The van der Waals surface area contributed by atoms with Crippen molar-refractivity contribution in [3.8, 4) is 6.07 Å². The minimum absolute atomic E-state index is 0.0788. The van der Waals surface area contributed by atoms with Crippen LogP contribution in [-0.2, 0) is 0 Å². The Labute approximate surface area is 136 Å². The minimum Gasteiger partial charge on any atom is -0.465 e. The molecule has 2 aliphatic rings. The smallest absolute Gasteiger partial charge is 0.407 e. The topological polar surface area (TPSA) is 76.4 Å². The van der Waals surface area contributed by atoms with Crippen LogP contribution in [0.15, 0.2) is 30.3 Å². The largest absolute Gasteiger partial charge is 0.465 e. The zero-order valence-corrected chi connectivity index (χ0v) is 13.2. The molecule has 1 heterocycles. The summed E-state index contributed by atoms with van der Waals surface area (Å²) in [6.45, 7) is 1.87. The third-order valence-electron chi connectivity index (χ3n) is 5.31. The van der Waals surface area contributed by atoms with E-state index in [1.165, 1.54) is 10.5 Å². The van der Waals surface area contributed by atoms with Crippen molar-refractivity contribution in [2.75, 3.05) is 19.6 Å². The van der Waals surface area contributed by atoms with Crippen molar-refractivity contribution in [3.63, 3.8) is 0 Å². The summed E-state index contributed by atoms with van der Waals surface area (Å²) < 4.78 is 0. The monoisotopic (exact) mass is 313 g/mol. The Morgan fingerprint density at radius 3 is 2.65 bits per heavy atom. The van der Waals surface area contributed by atoms with Crippen molar-refractivity contribution in [2.24, 2.45) is 5.41 Å². The molecular formula is C18H23N3O2. The molecule has 1 aliphatic carbocycles. The van der Waals surface area contributed by atoms with Gasteiger partial charge in [-0.2, -0.15) is 5.26 Å². The van der Waals surface area contributed by atoms with Crippen molar-refractivity contribution >= 4 is 6.09 Å². The van der Waals surface area contributed by atoms with Crippen molar-refractivity contribution in [3.05, 3.63) is 35.9 Å². The van der Waals surface area contributed by atoms with Gasteiger partial charge in [-0.25, -0.2) is 4.79 Å². The number of rotatable bonds is 5. The first kappa shape index (κ1) is 15.8. The number of amides is 1. The van der Waals surface area contributed by atoms with Crippen molar-refractivity contribution in [1.82, 2.24) is 10.2 Å². The van der Waals surface area contributed by atoms with E-state index in [1.807, 2.05) is 6.07 Å². The molecule has 0 aromatic heterocycles. The van der Waals surface area contributed by atoms with Crippen LogP contribution in [0.2, 0.25) is 0 Å². The minimum atomic E-state index is -0.852. The van der Waals surface area contributed by atoms with Crippen LogP contribution in [0, 0.1) is 16.7 Å². The molecule has 0 radical (unpaired) electrons. The average molecular weight is 313 g/mol. The Morgan fingerprint density at radius 1 is 1.35 bits per heavy atom. The number of nitriles is 1. The first-order valence-electron chi connectivity index (χ1n) is 8.27. The number of carboxylic acid groups (broad SMARTS) is 1. The van der Waals surface area contributed by atoms with E-state index < -0.39 is 6.09 Å². The summed E-state index contributed by atoms with van der Waals surface area (Å²) in [5.74, 6) is 0.578. The fraction of sp³-hybridized carbons (Fsp3) is 0.556. The number of benzene rings is 1. The van der Waals surface area contributed by atoms with Gasteiger partial charge in [0.2, 0.25) is 0 Å². The zero-order chi connectivity index (χ0) is 16.3. The quantitative estimate of drug-likeness (QED) is 0.876. The lowest BCUT2D eigenvalue weighted by atomic mass is 9.76. The van der Waals surface area contributed by atoms with Crippen LogP contribution in [-0.4, -0.2) is 41.8 Å². The summed E-state index contributed by atoms with van der Waals surface area (Å²) in [6.07, 6.45) is 2.32. The summed E-state index contributed by atoms with van der Waals surface area (Å²) in [6, 6.07) is 13.3. The summed E-state index contributed by atoms with van der Waals surface area (Å²) in [5, 5.41) is 21.9. The summed E-state index contributed by atoms with van der Waals surface area (Å²) >= 11 is 0. The molecule has 5 nitrogen and oxygen atoms in total. The lowest BCUT2D eigenvalue weighted by Gasteiger charge is -2.39. The third kappa shape index (κ3) is 3.65. The Balaban J connectivity index is 1.53. The fourth-order valence-electron chi connectivity index (χ4n) is 3.59. The van der Waals surface area contributed by atoms with E-state index in [0.717, 1.165) is 25.8 Å². The van der Waals surface area contributed by atoms with Crippen molar-refractivity contribution in [1.29, 1.82) is 5.26 Å². The Bertz CT molecular complexity index is 588. The molecule has 0 spiro atoms. The highest BCUT2D eigenvalue weighted by atomic mass is 16.4. The fourth-order valence-corrected chi connectivity index (χ4v) is 3.59. The summed E-state index contributed by atoms with van der Waals surface area (Å²) in [5.41, 5.74) is 1.30. The van der Waals surface area contributed by atoms with Gasteiger partial charge in [0.05, 0.1) is 6.07 Å². The first-order chi connectivity index (χ1) is 11.1. The molecule has 122 valence electrons. The van der Waals surface area contributed by atoms with Crippen molar-refractivity contribution in [2.45, 2.75) is 37.6 Å². The molecule has 2 N–H and O–H groups in total. The van der Waals surface area contributed by atoms with Crippen LogP contribution < -0.4 is 5.32 Å². The summed E-state index contributed by atoms with van der Waals surface area (Å²) in [7, 11) is 0. The molecular weight excluding hydrogens is 290 g/mol. The van der Waals surface area contributed by atoms with Gasteiger partial charge in [-0.15, -0.1) is 0 Å². The highest BCUT2D eigenvalue weighted by Gasteiger charge is 2.41. The predicted octanol–water partition coefficient (Wildman–Crippen LogP) is 2.81. The van der Waals surface area contributed by atoms with Crippen LogP contribution in [0.3, 0.4) is 0 Å². The Kier molecular flexibility index (Phi) is 4.53. The van der Waals surface area contributed by atoms with Gasteiger partial charge in [0.15, 0.2) is 0 Å². The number of hydrogen-bond donors (Lipinski definition) is 2. The maximum absolute atomic E-state index is 11.0. The number of likely N-dealkylation sites (tertiary alicyclic amines) is 1. The molecule has 23 heavy (non-hydrogen) atoms. The van der Waals surface area contributed by atoms with Crippen LogP contribution in [0.5, 0.6) is 0 Å². The van der Waals surface area contributed by atoms with Crippen LogP contribution in [0.25, 0.3) is 0 Å². The van der Waals surface area contributed by atoms with Gasteiger partial charge in [0, 0.05) is 38.0 Å². The molecule has 1 aliphatic heterocycles. The Hall–Kier alpha value is -2.06. The SMILES string of the molecule is N#CCC1(CNC2CC2c2ccccc2)CCN(C(=O)O)CC1. The van der Waals surface area contributed by atoms with Gasteiger partial charge >= 0.3 is 6.09 Å². The highest BCUT2D eigenvalue weighted by molar-refractivity contribution is 5.65. The van der Waals surface area contributed by atoms with Crippen LogP contribution >= 0.6 is 0 Å². The molecule has 1 saturated carbocycles. The average Bonchev–Trinajstić information content (AvgIpc) is 3.34. The van der Waals surface area contributed by atoms with Gasteiger partial charge in [-0.1, -0.05) is 30.3 Å². The predicted molar refractivity (Wildman–Crippen MR) is 87.1 cm³/mol. The number of piperidine rings is 1. The molecule has 1 amide bonds. The standard InChI is InChI=1S/C18H23N3O2/c19-9-6-18(7-10-21(11-8-18)17(22)23)13-20-16-12-15(16)14-4-2-1-3-5-14/h1-5,15-16,20H,6-8,10-13H2,(H,22,23).